The highest BCUT2D eigenvalue weighted by Gasteiger charge is 2.16. The van der Waals surface area contributed by atoms with Gasteiger partial charge >= 0.3 is 0 Å². The van der Waals surface area contributed by atoms with Gasteiger partial charge < -0.3 is 9.67 Å². The van der Waals surface area contributed by atoms with Crippen LogP contribution in [0.2, 0.25) is 0 Å². The smallest absolute Gasteiger partial charge is 0.269 e. The van der Waals surface area contributed by atoms with Gasteiger partial charge in [0.25, 0.3) is 5.95 Å². The quantitative estimate of drug-likeness (QED) is 0.560. The zero-order valence-electron chi connectivity index (χ0n) is 14.0. The van der Waals surface area contributed by atoms with Crippen molar-refractivity contribution in [2.75, 3.05) is 0 Å². The third-order valence-electron chi connectivity index (χ3n) is 3.69. The summed E-state index contributed by atoms with van der Waals surface area (Å²) in [5.41, 5.74) is 4.03. The van der Waals surface area contributed by atoms with Crippen molar-refractivity contribution in [2.45, 2.75) is 27.3 Å². The van der Waals surface area contributed by atoms with E-state index in [1.165, 1.54) is 0 Å². The second-order valence-corrected chi connectivity index (χ2v) is 5.74. The SMILES string of the molecule is C=CCn1c(O)c(N=Nc2nc(C)cc(C)n2)c2cc(C)ccc21. The first kappa shape index (κ1) is 15.9. The van der Waals surface area contributed by atoms with Crippen LogP contribution < -0.4 is 0 Å². The largest absolute Gasteiger partial charge is 0.493 e. The number of allylic oxidation sites excluding steroid dienone is 1. The fourth-order valence-corrected chi connectivity index (χ4v) is 2.70. The minimum atomic E-state index is 0.0589. The van der Waals surface area contributed by atoms with Crippen molar-refractivity contribution in [3.8, 4) is 5.88 Å². The topological polar surface area (TPSA) is 75.7 Å². The number of nitrogens with zero attached hydrogens (tertiary/aromatic N) is 5. The van der Waals surface area contributed by atoms with Gasteiger partial charge in [-0.05, 0) is 39.0 Å². The summed E-state index contributed by atoms with van der Waals surface area (Å²) >= 11 is 0. The lowest BCUT2D eigenvalue weighted by molar-refractivity contribution is 0.431. The number of aromatic hydroxyl groups is 1. The maximum atomic E-state index is 10.5. The van der Waals surface area contributed by atoms with Crippen LogP contribution in [0.1, 0.15) is 17.0 Å². The van der Waals surface area contributed by atoms with Gasteiger partial charge in [0.15, 0.2) is 5.69 Å². The van der Waals surface area contributed by atoms with E-state index < -0.39 is 0 Å². The lowest BCUT2D eigenvalue weighted by Crippen LogP contribution is -1.93. The molecule has 122 valence electrons. The summed E-state index contributed by atoms with van der Waals surface area (Å²) in [6.45, 7) is 9.98. The van der Waals surface area contributed by atoms with Crippen LogP contribution in [0.5, 0.6) is 5.88 Å². The first-order valence-electron chi connectivity index (χ1n) is 7.66. The predicted molar refractivity (Wildman–Crippen MR) is 94.2 cm³/mol. The highest BCUT2D eigenvalue weighted by atomic mass is 16.3. The number of hydrogen-bond donors (Lipinski definition) is 1. The number of aromatic nitrogens is 3. The normalized spacial score (nSPS) is 11.5. The minimum Gasteiger partial charge on any atom is -0.493 e. The van der Waals surface area contributed by atoms with Crippen LogP contribution in [-0.2, 0) is 6.54 Å². The Morgan fingerprint density at radius 1 is 1.12 bits per heavy atom. The summed E-state index contributed by atoms with van der Waals surface area (Å²) in [6.07, 6.45) is 1.73. The molecular weight excluding hydrogens is 302 g/mol. The fourth-order valence-electron chi connectivity index (χ4n) is 2.70. The van der Waals surface area contributed by atoms with Gasteiger partial charge in [0.2, 0.25) is 5.88 Å². The van der Waals surface area contributed by atoms with E-state index in [0.29, 0.717) is 12.2 Å². The van der Waals surface area contributed by atoms with Crippen LogP contribution in [0.25, 0.3) is 10.9 Å². The number of fused-ring (bicyclic) bond motifs is 1. The number of azo groups is 1. The van der Waals surface area contributed by atoms with Crippen molar-refractivity contribution in [3.63, 3.8) is 0 Å². The minimum absolute atomic E-state index is 0.0589. The molecular formula is C18H19N5O. The van der Waals surface area contributed by atoms with Crippen LogP contribution in [-0.4, -0.2) is 19.6 Å². The van der Waals surface area contributed by atoms with Gasteiger partial charge in [-0.2, -0.15) is 0 Å². The van der Waals surface area contributed by atoms with Crippen LogP contribution >= 0.6 is 0 Å². The number of aryl methyl sites for hydroxylation is 3. The maximum Gasteiger partial charge on any atom is 0.269 e. The summed E-state index contributed by atoms with van der Waals surface area (Å²) in [7, 11) is 0. The third kappa shape index (κ3) is 2.90. The Hall–Kier alpha value is -3.02. The first-order chi connectivity index (χ1) is 11.5. The highest BCUT2D eigenvalue weighted by molar-refractivity contribution is 5.95. The maximum absolute atomic E-state index is 10.5. The molecule has 3 rings (SSSR count). The molecule has 24 heavy (non-hydrogen) atoms. The third-order valence-corrected chi connectivity index (χ3v) is 3.69. The predicted octanol–water partition coefficient (Wildman–Crippen LogP) is 4.66. The molecule has 0 saturated heterocycles. The Labute approximate surface area is 140 Å². The molecule has 2 aromatic heterocycles. The van der Waals surface area contributed by atoms with E-state index in [4.69, 9.17) is 0 Å². The van der Waals surface area contributed by atoms with E-state index in [-0.39, 0.29) is 11.8 Å². The average Bonchev–Trinajstić information content (AvgIpc) is 2.76. The Kier molecular flexibility index (Phi) is 4.12. The molecule has 0 atom stereocenters. The zero-order valence-corrected chi connectivity index (χ0v) is 14.0. The molecule has 0 fully saturated rings. The van der Waals surface area contributed by atoms with Gasteiger partial charge in [0.05, 0.1) is 5.52 Å². The Morgan fingerprint density at radius 2 is 1.83 bits per heavy atom. The molecule has 0 spiro atoms. The van der Waals surface area contributed by atoms with Crippen molar-refractivity contribution in [1.82, 2.24) is 14.5 Å². The van der Waals surface area contributed by atoms with Crippen molar-refractivity contribution in [1.29, 1.82) is 0 Å². The summed E-state index contributed by atoms with van der Waals surface area (Å²) in [4.78, 5) is 8.49. The van der Waals surface area contributed by atoms with E-state index >= 15 is 0 Å². The average molecular weight is 321 g/mol. The molecule has 0 saturated carbocycles. The molecule has 2 heterocycles. The van der Waals surface area contributed by atoms with Crippen LogP contribution in [0.3, 0.4) is 0 Å². The molecule has 0 unspecified atom stereocenters. The number of hydrogen-bond acceptors (Lipinski definition) is 5. The number of benzene rings is 1. The molecule has 0 amide bonds. The molecule has 0 aliphatic heterocycles. The molecule has 0 radical (unpaired) electrons. The molecule has 1 aromatic carbocycles. The van der Waals surface area contributed by atoms with Gasteiger partial charge in [-0.25, -0.2) is 9.97 Å². The Morgan fingerprint density at radius 3 is 2.50 bits per heavy atom. The standard InChI is InChI=1S/C18H19N5O/c1-5-8-23-15-7-6-11(2)9-14(15)16(17(23)24)21-22-18-19-12(3)10-13(4)20-18/h5-7,9-10,24H,1,8H2,2-4H3. The van der Waals surface area contributed by atoms with E-state index in [9.17, 15) is 5.11 Å². The van der Waals surface area contributed by atoms with E-state index in [1.54, 1.807) is 10.6 Å². The lowest BCUT2D eigenvalue weighted by atomic mass is 10.1. The van der Waals surface area contributed by atoms with Crippen molar-refractivity contribution in [2.24, 2.45) is 10.2 Å². The lowest BCUT2D eigenvalue weighted by Gasteiger charge is -2.02. The van der Waals surface area contributed by atoms with Crippen molar-refractivity contribution < 1.29 is 5.11 Å². The fraction of sp³-hybridized carbons (Fsp3) is 0.222. The Balaban J connectivity index is 2.14. The number of rotatable bonds is 4. The Bertz CT molecular complexity index is 935. The summed E-state index contributed by atoms with van der Waals surface area (Å²) < 4.78 is 1.75. The molecule has 6 nitrogen and oxygen atoms in total. The van der Waals surface area contributed by atoms with E-state index in [0.717, 1.165) is 27.9 Å². The zero-order chi connectivity index (χ0) is 17.3. The molecule has 3 aromatic rings. The molecule has 0 bridgehead atoms. The van der Waals surface area contributed by atoms with E-state index in [2.05, 4.69) is 26.8 Å². The van der Waals surface area contributed by atoms with Gasteiger partial charge in [0, 0.05) is 23.3 Å². The second kappa shape index (κ2) is 6.23. The van der Waals surface area contributed by atoms with Crippen molar-refractivity contribution in [3.05, 3.63) is 53.9 Å². The van der Waals surface area contributed by atoms with Gasteiger partial charge in [-0.1, -0.05) is 17.7 Å². The first-order valence-corrected chi connectivity index (χ1v) is 7.66. The highest BCUT2D eigenvalue weighted by Crippen LogP contribution is 2.39. The van der Waals surface area contributed by atoms with Gasteiger partial charge in [-0.3, -0.25) is 0 Å². The molecule has 0 aliphatic carbocycles. The van der Waals surface area contributed by atoms with Crippen LogP contribution in [0.4, 0.5) is 11.6 Å². The monoisotopic (exact) mass is 321 g/mol. The molecule has 6 heteroatoms. The van der Waals surface area contributed by atoms with E-state index in [1.807, 2.05) is 45.0 Å². The molecule has 0 aliphatic rings. The van der Waals surface area contributed by atoms with Gasteiger partial charge in [-0.15, -0.1) is 16.8 Å². The summed E-state index contributed by atoms with van der Waals surface area (Å²) in [5, 5.41) is 19.7. The second-order valence-electron chi connectivity index (χ2n) is 5.74. The van der Waals surface area contributed by atoms with Crippen LogP contribution in [0.15, 0.2) is 47.1 Å². The summed E-state index contributed by atoms with van der Waals surface area (Å²) in [6, 6.07) is 7.80. The summed E-state index contributed by atoms with van der Waals surface area (Å²) in [5.74, 6) is 0.341. The molecule has 1 N–H and O–H groups in total. The van der Waals surface area contributed by atoms with Gasteiger partial charge in [0.1, 0.15) is 0 Å². The van der Waals surface area contributed by atoms with Crippen molar-refractivity contribution >= 4 is 22.5 Å². The van der Waals surface area contributed by atoms with Crippen LogP contribution in [0, 0.1) is 20.8 Å².